The van der Waals surface area contributed by atoms with E-state index in [0.29, 0.717) is 18.3 Å². The highest BCUT2D eigenvalue weighted by atomic mass is 16.4. The van der Waals surface area contributed by atoms with Gasteiger partial charge >= 0.3 is 0 Å². The quantitative estimate of drug-likeness (QED) is 0.271. The summed E-state index contributed by atoms with van der Waals surface area (Å²) in [5.74, 6) is 0.297. The largest absolute Gasteiger partial charge is 0.409 e. The molecule has 0 spiro atoms. The molecule has 3 N–H and O–H groups in total. The summed E-state index contributed by atoms with van der Waals surface area (Å²) < 4.78 is 0. The summed E-state index contributed by atoms with van der Waals surface area (Å²) in [5, 5.41) is 11.2. The van der Waals surface area contributed by atoms with Gasteiger partial charge in [-0.1, -0.05) is 12.1 Å². The second-order valence-electron chi connectivity index (χ2n) is 2.82. The zero-order valence-electron chi connectivity index (χ0n) is 7.41. The summed E-state index contributed by atoms with van der Waals surface area (Å²) in [7, 11) is 3.97. The summed E-state index contributed by atoms with van der Waals surface area (Å²) in [6.07, 6.45) is 1.63. The molecule has 66 valence electrons. The summed E-state index contributed by atoms with van der Waals surface area (Å²) in [6, 6.07) is 0.367. The van der Waals surface area contributed by atoms with Crippen molar-refractivity contribution in [3.05, 3.63) is 0 Å². The summed E-state index contributed by atoms with van der Waals surface area (Å²) in [5.41, 5.74) is 5.36. The fourth-order valence-corrected chi connectivity index (χ4v) is 0.974. The average molecular weight is 159 g/mol. The van der Waals surface area contributed by atoms with Crippen LogP contribution in [0, 0.1) is 0 Å². The molecule has 0 aromatic heterocycles. The minimum absolute atomic E-state index is 0.297. The Bertz CT molecular complexity index is 134. The Labute approximate surface area is 67.7 Å². The first kappa shape index (κ1) is 10.2. The van der Waals surface area contributed by atoms with E-state index in [0.717, 1.165) is 6.42 Å². The molecule has 4 nitrogen and oxygen atoms in total. The lowest BCUT2D eigenvalue weighted by Crippen LogP contribution is -2.32. The van der Waals surface area contributed by atoms with E-state index in [9.17, 15) is 0 Å². The number of hydrogen-bond acceptors (Lipinski definition) is 3. The van der Waals surface area contributed by atoms with Crippen LogP contribution in [0.2, 0.25) is 0 Å². The summed E-state index contributed by atoms with van der Waals surface area (Å²) in [6.45, 7) is 2.08. The van der Waals surface area contributed by atoms with Gasteiger partial charge in [0.2, 0.25) is 0 Å². The van der Waals surface area contributed by atoms with Crippen molar-refractivity contribution in [1.29, 1.82) is 0 Å². The highest BCUT2D eigenvalue weighted by molar-refractivity contribution is 5.80. The summed E-state index contributed by atoms with van der Waals surface area (Å²) >= 11 is 0. The van der Waals surface area contributed by atoms with E-state index in [1.165, 1.54) is 0 Å². The molecule has 0 saturated carbocycles. The molecule has 1 unspecified atom stereocenters. The molecule has 0 bridgehead atoms. The maximum absolute atomic E-state index is 8.31. The van der Waals surface area contributed by atoms with Crippen LogP contribution in [0.4, 0.5) is 0 Å². The fourth-order valence-electron chi connectivity index (χ4n) is 0.974. The standard InChI is InChI=1S/C7H17N3O/c1-4-6(10(2)3)5-7(8)9-11/h6,11H,4-5H2,1-3H3,(H2,8,9). The number of nitrogens with zero attached hydrogens (tertiary/aromatic N) is 2. The minimum Gasteiger partial charge on any atom is -0.409 e. The third-order valence-electron chi connectivity index (χ3n) is 1.77. The number of hydrogen-bond donors (Lipinski definition) is 2. The average Bonchev–Trinajstić information content (AvgIpc) is 1.99. The number of amidine groups is 1. The molecule has 0 aromatic carbocycles. The molecule has 0 aliphatic carbocycles. The molecule has 0 saturated heterocycles. The molecule has 0 heterocycles. The Balaban J connectivity index is 3.88. The van der Waals surface area contributed by atoms with Crippen molar-refractivity contribution in [3.63, 3.8) is 0 Å². The molecule has 4 heteroatoms. The Hall–Kier alpha value is -0.770. The van der Waals surface area contributed by atoms with Gasteiger partial charge in [0.25, 0.3) is 0 Å². The van der Waals surface area contributed by atoms with Crippen molar-refractivity contribution >= 4 is 5.84 Å². The van der Waals surface area contributed by atoms with E-state index in [1.807, 2.05) is 14.1 Å². The van der Waals surface area contributed by atoms with Crippen molar-refractivity contribution in [2.24, 2.45) is 10.9 Å². The lowest BCUT2D eigenvalue weighted by Gasteiger charge is -2.21. The Morgan fingerprint density at radius 1 is 1.64 bits per heavy atom. The third-order valence-corrected chi connectivity index (χ3v) is 1.77. The van der Waals surface area contributed by atoms with Crippen molar-refractivity contribution < 1.29 is 5.21 Å². The third kappa shape index (κ3) is 3.83. The molecule has 0 radical (unpaired) electrons. The van der Waals surface area contributed by atoms with Gasteiger partial charge in [-0.3, -0.25) is 0 Å². The highest BCUT2D eigenvalue weighted by Crippen LogP contribution is 2.03. The van der Waals surface area contributed by atoms with Crippen LogP contribution in [0.15, 0.2) is 5.16 Å². The van der Waals surface area contributed by atoms with Gasteiger partial charge in [0.15, 0.2) is 0 Å². The molecule has 0 aromatic rings. The molecule has 0 aliphatic rings. The minimum atomic E-state index is 0.297. The zero-order chi connectivity index (χ0) is 8.85. The van der Waals surface area contributed by atoms with Crippen LogP contribution in [0.1, 0.15) is 19.8 Å². The van der Waals surface area contributed by atoms with Crippen LogP contribution < -0.4 is 5.73 Å². The smallest absolute Gasteiger partial charge is 0.140 e. The summed E-state index contributed by atoms with van der Waals surface area (Å²) in [4.78, 5) is 2.07. The van der Waals surface area contributed by atoms with Crippen molar-refractivity contribution in [2.45, 2.75) is 25.8 Å². The molecule has 0 aliphatic heterocycles. The SMILES string of the molecule is CCC(C/C(N)=N/O)N(C)C. The predicted octanol–water partition coefficient (Wildman–Crippen LogP) is 0.463. The topological polar surface area (TPSA) is 61.9 Å². The molecular weight excluding hydrogens is 142 g/mol. The van der Waals surface area contributed by atoms with E-state index < -0.39 is 0 Å². The van der Waals surface area contributed by atoms with Gasteiger partial charge in [0.1, 0.15) is 5.84 Å². The zero-order valence-corrected chi connectivity index (χ0v) is 7.41. The molecular formula is C7H17N3O. The maximum Gasteiger partial charge on any atom is 0.140 e. The van der Waals surface area contributed by atoms with Gasteiger partial charge in [-0.25, -0.2) is 0 Å². The second kappa shape index (κ2) is 4.96. The fraction of sp³-hybridized carbons (Fsp3) is 0.857. The van der Waals surface area contributed by atoms with Crippen molar-refractivity contribution in [1.82, 2.24) is 4.90 Å². The van der Waals surface area contributed by atoms with Crippen molar-refractivity contribution in [2.75, 3.05) is 14.1 Å². The van der Waals surface area contributed by atoms with E-state index in [-0.39, 0.29) is 0 Å². The van der Waals surface area contributed by atoms with Crippen LogP contribution >= 0.6 is 0 Å². The van der Waals surface area contributed by atoms with Gasteiger partial charge < -0.3 is 15.8 Å². The molecule has 11 heavy (non-hydrogen) atoms. The van der Waals surface area contributed by atoms with Gasteiger partial charge in [0.05, 0.1) is 0 Å². The van der Waals surface area contributed by atoms with Gasteiger partial charge in [-0.15, -0.1) is 0 Å². The van der Waals surface area contributed by atoms with Crippen LogP contribution in [-0.2, 0) is 0 Å². The lowest BCUT2D eigenvalue weighted by molar-refractivity contribution is 0.283. The molecule has 1 atom stereocenters. The monoisotopic (exact) mass is 159 g/mol. The highest BCUT2D eigenvalue weighted by Gasteiger charge is 2.10. The Morgan fingerprint density at radius 3 is 2.45 bits per heavy atom. The van der Waals surface area contributed by atoms with Gasteiger partial charge in [-0.2, -0.15) is 0 Å². The number of nitrogens with two attached hydrogens (primary N) is 1. The normalized spacial score (nSPS) is 15.5. The molecule has 0 fully saturated rings. The van der Waals surface area contributed by atoms with Crippen LogP contribution in [0.5, 0.6) is 0 Å². The van der Waals surface area contributed by atoms with Crippen LogP contribution in [0.3, 0.4) is 0 Å². The van der Waals surface area contributed by atoms with Gasteiger partial charge in [-0.05, 0) is 20.5 Å². The first-order valence-corrected chi connectivity index (χ1v) is 3.74. The first-order valence-electron chi connectivity index (χ1n) is 3.74. The Kier molecular flexibility index (Phi) is 4.61. The van der Waals surface area contributed by atoms with Crippen LogP contribution in [0.25, 0.3) is 0 Å². The molecule has 0 rings (SSSR count). The van der Waals surface area contributed by atoms with E-state index in [4.69, 9.17) is 10.9 Å². The predicted molar refractivity (Wildman–Crippen MR) is 45.8 cm³/mol. The van der Waals surface area contributed by atoms with Crippen LogP contribution in [-0.4, -0.2) is 36.1 Å². The first-order chi connectivity index (χ1) is 5.11. The van der Waals surface area contributed by atoms with E-state index in [1.54, 1.807) is 0 Å². The van der Waals surface area contributed by atoms with E-state index in [2.05, 4.69) is 17.0 Å². The molecule has 0 amide bonds. The van der Waals surface area contributed by atoms with E-state index >= 15 is 0 Å². The maximum atomic E-state index is 8.31. The van der Waals surface area contributed by atoms with Crippen molar-refractivity contribution in [3.8, 4) is 0 Å². The number of oxime groups is 1. The van der Waals surface area contributed by atoms with Gasteiger partial charge in [0, 0.05) is 12.5 Å². The second-order valence-corrected chi connectivity index (χ2v) is 2.82. The Morgan fingerprint density at radius 2 is 2.18 bits per heavy atom. The number of rotatable bonds is 4. The lowest BCUT2D eigenvalue weighted by atomic mass is 10.1.